The highest BCUT2D eigenvalue weighted by atomic mass is 32.2. The molecule has 1 atom stereocenters. The Hall–Kier alpha value is -1.11. The van der Waals surface area contributed by atoms with Crippen LogP contribution in [0.1, 0.15) is 18.6 Å². The highest BCUT2D eigenvalue weighted by molar-refractivity contribution is 8.00. The zero-order chi connectivity index (χ0) is 12.4. The molecule has 92 valence electrons. The molecule has 1 unspecified atom stereocenters. The zero-order valence-electron chi connectivity index (χ0n) is 9.33. The number of thioether (sulfide) groups is 1. The van der Waals surface area contributed by atoms with Gasteiger partial charge in [-0.05, 0) is 18.6 Å². The van der Waals surface area contributed by atoms with Crippen molar-refractivity contribution in [3.8, 4) is 0 Å². The quantitative estimate of drug-likeness (QED) is 0.659. The minimum atomic E-state index is -0.695. The first-order chi connectivity index (χ1) is 8.08. The van der Waals surface area contributed by atoms with Crippen molar-refractivity contribution in [1.29, 1.82) is 0 Å². The lowest BCUT2D eigenvalue weighted by molar-refractivity contribution is -0.387. The third-order valence-corrected chi connectivity index (χ3v) is 3.77. The third-order valence-electron chi connectivity index (χ3n) is 2.56. The van der Waals surface area contributed by atoms with Crippen LogP contribution in [-0.4, -0.2) is 28.5 Å². The van der Waals surface area contributed by atoms with E-state index in [2.05, 4.69) is 0 Å². The van der Waals surface area contributed by atoms with Gasteiger partial charge in [-0.15, -0.1) is 11.8 Å². The van der Waals surface area contributed by atoms with Crippen LogP contribution in [0.5, 0.6) is 0 Å². The predicted molar refractivity (Wildman–Crippen MR) is 64.2 cm³/mol. The summed E-state index contributed by atoms with van der Waals surface area (Å²) in [5, 5.41) is 20.7. The second-order valence-electron chi connectivity index (χ2n) is 3.94. The Kier molecular flexibility index (Phi) is 3.66. The molecule has 17 heavy (non-hydrogen) atoms. The molecule has 1 aliphatic heterocycles. The summed E-state index contributed by atoms with van der Waals surface area (Å²) in [7, 11) is 0. The van der Waals surface area contributed by atoms with Crippen LogP contribution >= 0.6 is 11.8 Å². The van der Waals surface area contributed by atoms with E-state index in [-0.39, 0.29) is 5.69 Å². The first kappa shape index (κ1) is 12.3. The monoisotopic (exact) mass is 255 g/mol. The number of nitro benzene ring substituents is 1. The summed E-state index contributed by atoms with van der Waals surface area (Å²) in [6, 6.07) is 4.86. The fourth-order valence-electron chi connectivity index (χ4n) is 1.50. The van der Waals surface area contributed by atoms with Crippen LogP contribution in [0.2, 0.25) is 0 Å². The van der Waals surface area contributed by atoms with Gasteiger partial charge in [-0.3, -0.25) is 10.1 Å². The standard InChI is InChI=1S/C11H13NO4S/c1-7(13)8-2-3-11(10(4-8)12(14)15)17-9-5-16-6-9/h2-4,7,9,13H,5-6H2,1H3. The van der Waals surface area contributed by atoms with Crippen molar-refractivity contribution in [2.24, 2.45) is 0 Å². The van der Waals surface area contributed by atoms with E-state index in [1.807, 2.05) is 0 Å². The first-order valence-corrected chi connectivity index (χ1v) is 6.16. The number of aliphatic hydroxyl groups is 1. The summed E-state index contributed by atoms with van der Waals surface area (Å²) in [5.41, 5.74) is 0.617. The van der Waals surface area contributed by atoms with Crippen molar-refractivity contribution in [2.45, 2.75) is 23.2 Å². The van der Waals surface area contributed by atoms with Gasteiger partial charge in [-0.25, -0.2) is 0 Å². The average molecular weight is 255 g/mol. The van der Waals surface area contributed by atoms with Crippen LogP contribution in [0.4, 0.5) is 5.69 Å². The van der Waals surface area contributed by atoms with Gasteiger partial charge in [0.05, 0.1) is 34.4 Å². The Bertz CT molecular complexity index is 431. The second kappa shape index (κ2) is 5.03. The Morgan fingerprint density at radius 3 is 2.76 bits per heavy atom. The smallest absolute Gasteiger partial charge is 0.283 e. The molecular weight excluding hydrogens is 242 g/mol. The topological polar surface area (TPSA) is 72.6 Å². The summed E-state index contributed by atoms with van der Waals surface area (Å²) < 4.78 is 5.04. The summed E-state index contributed by atoms with van der Waals surface area (Å²) >= 11 is 1.46. The summed E-state index contributed by atoms with van der Waals surface area (Å²) in [6.07, 6.45) is -0.695. The van der Waals surface area contributed by atoms with E-state index in [0.29, 0.717) is 28.9 Å². The van der Waals surface area contributed by atoms with Gasteiger partial charge in [-0.2, -0.15) is 0 Å². The summed E-state index contributed by atoms with van der Waals surface area (Å²) in [6.45, 7) is 2.87. The maximum absolute atomic E-state index is 11.0. The van der Waals surface area contributed by atoms with Crippen molar-refractivity contribution >= 4 is 17.4 Å². The van der Waals surface area contributed by atoms with Crippen LogP contribution in [0, 0.1) is 10.1 Å². The normalized spacial score (nSPS) is 17.5. The molecule has 1 aromatic rings. The molecule has 0 spiro atoms. The number of hydrogen-bond donors (Lipinski definition) is 1. The van der Waals surface area contributed by atoms with Gasteiger partial charge < -0.3 is 9.84 Å². The van der Waals surface area contributed by atoms with Crippen molar-refractivity contribution in [2.75, 3.05) is 13.2 Å². The van der Waals surface area contributed by atoms with E-state index in [1.165, 1.54) is 17.8 Å². The molecule has 0 aliphatic carbocycles. The largest absolute Gasteiger partial charge is 0.389 e. The molecule has 2 rings (SSSR count). The first-order valence-electron chi connectivity index (χ1n) is 5.28. The van der Waals surface area contributed by atoms with E-state index in [0.717, 1.165) is 0 Å². The van der Waals surface area contributed by atoms with E-state index in [9.17, 15) is 15.2 Å². The van der Waals surface area contributed by atoms with Crippen LogP contribution in [0.3, 0.4) is 0 Å². The molecular formula is C11H13NO4S. The fraction of sp³-hybridized carbons (Fsp3) is 0.455. The van der Waals surface area contributed by atoms with Gasteiger partial charge in [0, 0.05) is 6.07 Å². The maximum Gasteiger partial charge on any atom is 0.283 e. The van der Waals surface area contributed by atoms with Gasteiger partial charge in [0.2, 0.25) is 0 Å². The molecule has 1 fully saturated rings. The molecule has 1 aromatic carbocycles. The molecule has 0 bridgehead atoms. The number of nitrogens with zero attached hydrogens (tertiary/aromatic N) is 1. The Morgan fingerprint density at radius 1 is 1.59 bits per heavy atom. The summed E-state index contributed by atoms with van der Waals surface area (Å²) in [4.78, 5) is 11.2. The van der Waals surface area contributed by atoms with Crippen molar-refractivity contribution in [3.05, 3.63) is 33.9 Å². The van der Waals surface area contributed by atoms with Crippen LogP contribution in [-0.2, 0) is 4.74 Å². The lowest BCUT2D eigenvalue weighted by Crippen LogP contribution is -2.30. The lowest BCUT2D eigenvalue weighted by Gasteiger charge is -2.25. The predicted octanol–water partition coefficient (Wildman–Crippen LogP) is 2.14. The number of rotatable bonds is 4. The Morgan fingerprint density at radius 2 is 2.29 bits per heavy atom. The fourth-order valence-corrected chi connectivity index (χ4v) is 2.59. The minimum absolute atomic E-state index is 0.0558. The van der Waals surface area contributed by atoms with Crippen molar-refractivity contribution < 1.29 is 14.8 Å². The number of hydrogen-bond acceptors (Lipinski definition) is 5. The lowest BCUT2D eigenvalue weighted by atomic mass is 10.1. The number of nitro groups is 1. The minimum Gasteiger partial charge on any atom is -0.389 e. The highest BCUT2D eigenvalue weighted by Crippen LogP contribution is 2.36. The molecule has 0 radical (unpaired) electrons. The second-order valence-corrected chi connectivity index (χ2v) is 5.28. The Balaban J connectivity index is 2.26. The van der Waals surface area contributed by atoms with E-state index >= 15 is 0 Å². The van der Waals surface area contributed by atoms with E-state index in [4.69, 9.17) is 4.74 Å². The van der Waals surface area contributed by atoms with Gasteiger partial charge in [-0.1, -0.05) is 6.07 Å². The van der Waals surface area contributed by atoms with Crippen molar-refractivity contribution in [1.82, 2.24) is 0 Å². The molecule has 0 aromatic heterocycles. The molecule has 0 amide bonds. The molecule has 0 saturated carbocycles. The number of ether oxygens (including phenoxy) is 1. The van der Waals surface area contributed by atoms with Crippen LogP contribution < -0.4 is 0 Å². The van der Waals surface area contributed by atoms with Crippen LogP contribution in [0.15, 0.2) is 23.1 Å². The highest BCUT2D eigenvalue weighted by Gasteiger charge is 2.24. The van der Waals surface area contributed by atoms with Gasteiger partial charge in [0.1, 0.15) is 0 Å². The molecule has 6 heteroatoms. The van der Waals surface area contributed by atoms with Gasteiger partial charge >= 0.3 is 0 Å². The van der Waals surface area contributed by atoms with E-state index in [1.54, 1.807) is 19.1 Å². The number of aliphatic hydroxyl groups excluding tert-OH is 1. The molecule has 1 heterocycles. The van der Waals surface area contributed by atoms with Crippen molar-refractivity contribution in [3.63, 3.8) is 0 Å². The molecule has 1 saturated heterocycles. The average Bonchev–Trinajstić information content (AvgIpc) is 2.23. The zero-order valence-corrected chi connectivity index (χ0v) is 10.1. The van der Waals surface area contributed by atoms with Gasteiger partial charge in [0.15, 0.2) is 0 Å². The SMILES string of the molecule is CC(O)c1ccc(SC2COC2)c([N+](=O)[O-])c1. The molecule has 1 N–H and O–H groups in total. The third kappa shape index (κ3) is 2.77. The number of benzene rings is 1. The maximum atomic E-state index is 11.0. The molecule has 1 aliphatic rings. The Labute approximate surface area is 103 Å². The van der Waals surface area contributed by atoms with Gasteiger partial charge in [0.25, 0.3) is 5.69 Å². The summed E-state index contributed by atoms with van der Waals surface area (Å²) in [5.74, 6) is 0. The molecule has 5 nitrogen and oxygen atoms in total. The van der Waals surface area contributed by atoms with Crippen LogP contribution in [0.25, 0.3) is 0 Å². The van der Waals surface area contributed by atoms with E-state index < -0.39 is 11.0 Å².